The van der Waals surface area contributed by atoms with Crippen LogP contribution in [0.5, 0.6) is 0 Å². The fourth-order valence-electron chi connectivity index (χ4n) is 5.56. The molecule has 1 heterocycles. The molecular weight excluding hydrogens is 281 g/mol. The number of halogens is 1. The SMILES string of the molecule is Cc1cc(N2C(=O)C3C4CCC(C5CC54)C3C2=O)ccc1F. The number of benzene rings is 1. The largest absolute Gasteiger partial charge is 0.274 e. The van der Waals surface area contributed by atoms with Crippen molar-refractivity contribution < 1.29 is 14.0 Å². The van der Waals surface area contributed by atoms with Gasteiger partial charge in [0.2, 0.25) is 11.8 Å². The quantitative estimate of drug-likeness (QED) is 0.748. The number of fused-ring (bicyclic) bond motifs is 1. The van der Waals surface area contributed by atoms with Gasteiger partial charge in [-0.15, -0.1) is 0 Å². The van der Waals surface area contributed by atoms with E-state index in [1.807, 2.05) is 0 Å². The van der Waals surface area contributed by atoms with E-state index in [0.29, 0.717) is 34.9 Å². The maximum atomic E-state index is 13.5. The maximum Gasteiger partial charge on any atom is 0.237 e. The molecule has 4 heteroatoms. The molecule has 5 fully saturated rings. The Morgan fingerprint density at radius 3 is 2.14 bits per heavy atom. The molecule has 0 N–H and O–H groups in total. The molecule has 3 nitrogen and oxygen atoms in total. The number of anilines is 1. The fourth-order valence-corrected chi connectivity index (χ4v) is 5.56. The summed E-state index contributed by atoms with van der Waals surface area (Å²) in [7, 11) is 0. The second-order valence-corrected chi connectivity index (χ2v) is 7.47. The maximum absolute atomic E-state index is 13.5. The molecule has 6 unspecified atom stereocenters. The highest BCUT2D eigenvalue weighted by Gasteiger charge is 2.68. The van der Waals surface area contributed by atoms with Crippen molar-refractivity contribution in [1.29, 1.82) is 0 Å². The lowest BCUT2D eigenvalue weighted by Gasteiger charge is -2.42. The van der Waals surface area contributed by atoms with Gasteiger partial charge in [0.25, 0.3) is 0 Å². The molecule has 4 aliphatic carbocycles. The molecule has 1 aliphatic heterocycles. The topological polar surface area (TPSA) is 37.4 Å². The van der Waals surface area contributed by atoms with Gasteiger partial charge in [-0.2, -0.15) is 0 Å². The first-order valence-electron chi connectivity index (χ1n) is 8.22. The minimum absolute atomic E-state index is 0.0407. The van der Waals surface area contributed by atoms with Crippen LogP contribution in [0, 0.1) is 48.2 Å². The first-order valence-corrected chi connectivity index (χ1v) is 8.22. The number of rotatable bonds is 1. The second kappa shape index (κ2) is 3.98. The second-order valence-electron chi connectivity index (χ2n) is 7.47. The zero-order chi connectivity index (χ0) is 15.2. The highest BCUT2D eigenvalue weighted by molar-refractivity contribution is 6.22. The lowest BCUT2D eigenvalue weighted by molar-refractivity contribution is -0.129. The van der Waals surface area contributed by atoms with Crippen LogP contribution in [0.1, 0.15) is 24.8 Å². The van der Waals surface area contributed by atoms with Crippen molar-refractivity contribution in [2.45, 2.75) is 26.2 Å². The lowest BCUT2D eigenvalue weighted by atomic mass is 9.59. The first-order chi connectivity index (χ1) is 10.6. The molecule has 2 bridgehead atoms. The predicted octanol–water partition coefficient (Wildman–Crippen LogP) is 2.92. The monoisotopic (exact) mass is 299 g/mol. The van der Waals surface area contributed by atoms with Crippen LogP contribution in [0.2, 0.25) is 0 Å². The highest BCUT2D eigenvalue weighted by Crippen LogP contribution is 2.68. The Morgan fingerprint density at radius 2 is 1.59 bits per heavy atom. The van der Waals surface area contributed by atoms with Gasteiger partial charge in [0.1, 0.15) is 5.82 Å². The molecular formula is C18H18FNO2. The van der Waals surface area contributed by atoms with E-state index in [4.69, 9.17) is 0 Å². The van der Waals surface area contributed by atoms with Crippen molar-refractivity contribution in [3.8, 4) is 0 Å². The van der Waals surface area contributed by atoms with Gasteiger partial charge in [0.05, 0.1) is 17.5 Å². The van der Waals surface area contributed by atoms with Gasteiger partial charge in [0, 0.05) is 0 Å². The van der Waals surface area contributed by atoms with E-state index in [2.05, 4.69) is 0 Å². The van der Waals surface area contributed by atoms with E-state index in [1.54, 1.807) is 19.1 Å². The molecule has 0 spiro atoms. The first kappa shape index (κ1) is 12.8. The van der Waals surface area contributed by atoms with Crippen molar-refractivity contribution in [3.05, 3.63) is 29.6 Å². The number of carbonyl (C=O) groups is 2. The Hall–Kier alpha value is -1.71. The zero-order valence-electron chi connectivity index (χ0n) is 12.5. The van der Waals surface area contributed by atoms with Gasteiger partial charge >= 0.3 is 0 Å². The summed E-state index contributed by atoms with van der Waals surface area (Å²) >= 11 is 0. The van der Waals surface area contributed by atoms with E-state index >= 15 is 0 Å². The van der Waals surface area contributed by atoms with Crippen LogP contribution in [0.15, 0.2) is 18.2 Å². The molecule has 22 heavy (non-hydrogen) atoms. The number of hydrogen-bond donors (Lipinski definition) is 0. The molecule has 6 atom stereocenters. The van der Waals surface area contributed by atoms with E-state index in [1.165, 1.54) is 17.4 Å². The van der Waals surface area contributed by atoms with E-state index < -0.39 is 0 Å². The molecule has 6 rings (SSSR count). The van der Waals surface area contributed by atoms with Crippen LogP contribution < -0.4 is 4.90 Å². The average Bonchev–Trinajstić information content (AvgIpc) is 3.28. The average molecular weight is 299 g/mol. The van der Waals surface area contributed by atoms with Crippen molar-refractivity contribution in [1.82, 2.24) is 0 Å². The van der Waals surface area contributed by atoms with Gasteiger partial charge in [-0.3, -0.25) is 14.5 Å². The summed E-state index contributed by atoms with van der Waals surface area (Å²) in [6, 6.07) is 4.52. The van der Waals surface area contributed by atoms with Gasteiger partial charge in [-0.05, 0) is 73.6 Å². The van der Waals surface area contributed by atoms with Crippen molar-refractivity contribution in [2.75, 3.05) is 4.90 Å². The Kier molecular flexibility index (Phi) is 2.31. The molecule has 1 saturated heterocycles. The highest BCUT2D eigenvalue weighted by atomic mass is 19.1. The standard InChI is InChI=1S/C18H18FNO2/c1-8-6-9(2-5-14(8)19)20-17(21)15-10-3-4-11(13-7-12(10)13)16(15)18(20)22/h2,5-6,10-13,15-16H,3-4,7H2,1H3. The van der Waals surface area contributed by atoms with Gasteiger partial charge < -0.3 is 0 Å². The number of aryl methyl sites for hydroxylation is 1. The summed E-state index contributed by atoms with van der Waals surface area (Å²) in [6.45, 7) is 1.66. The summed E-state index contributed by atoms with van der Waals surface area (Å²) in [5.74, 6) is 1.58. The van der Waals surface area contributed by atoms with E-state index in [0.717, 1.165) is 12.8 Å². The third-order valence-electron chi connectivity index (χ3n) is 6.54. The molecule has 5 aliphatic rings. The van der Waals surface area contributed by atoms with Crippen LogP contribution in [0.4, 0.5) is 10.1 Å². The smallest absolute Gasteiger partial charge is 0.237 e. The van der Waals surface area contributed by atoms with Crippen molar-refractivity contribution in [3.63, 3.8) is 0 Å². The number of nitrogens with zero attached hydrogens (tertiary/aromatic N) is 1. The van der Waals surface area contributed by atoms with Crippen LogP contribution in [0.3, 0.4) is 0 Å². The lowest BCUT2D eigenvalue weighted by Crippen LogP contribution is -2.43. The van der Waals surface area contributed by atoms with Crippen LogP contribution in [0.25, 0.3) is 0 Å². The van der Waals surface area contributed by atoms with Crippen molar-refractivity contribution >= 4 is 17.5 Å². The number of hydrogen-bond acceptors (Lipinski definition) is 2. The van der Waals surface area contributed by atoms with Crippen LogP contribution >= 0.6 is 0 Å². The van der Waals surface area contributed by atoms with Gasteiger partial charge in [-0.1, -0.05) is 0 Å². The summed E-state index contributed by atoms with van der Waals surface area (Å²) < 4.78 is 13.5. The fraction of sp³-hybridized carbons (Fsp3) is 0.556. The van der Waals surface area contributed by atoms with E-state index in [-0.39, 0.29) is 29.5 Å². The van der Waals surface area contributed by atoms with Gasteiger partial charge in [0.15, 0.2) is 0 Å². The van der Waals surface area contributed by atoms with E-state index in [9.17, 15) is 14.0 Å². The molecule has 0 radical (unpaired) electrons. The minimum atomic E-state index is -0.304. The summed E-state index contributed by atoms with van der Waals surface area (Å²) in [5, 5.41) is 0. The van der Waals surface area contributed by atoms with Crippen LogP contribution in [-0.4, -0.2) is 11.8 Å². The molecule has 114 valence electrons. The third kappa shape index (κ3) is 1.41. The Morgan fingerprint density at radius 1 is 1.00 bits per heavy atom. The third-order valence-corrected chi connectivity index (χ3v) is 6.54. The Balaban J connectivity index is 1.57. The number of imide groups is 1. The van der Waals surface area contributed by atoms with Crippen molar-refractivity contribution in [2.24, 2.45) is 35.5 Å². The molecule has 2 amide bonds. The normalized spacial score (nSPS) is 41.6. The molecule has 4 saturated carbocycles. The predicted molar refractivity (Wildman–Crippen MR) is 78.4 cm³/mol. The summed E-state index contributed by atoms with van der Waals surface area (Å²) in [5.41, 5.74) is 1.01. The Bertz CT molecular complexity index is 681. The van der Waals surface area contributed by atoms with Crippen LogP contribution in [-0.2, 0) is 9.59 Å². The zero-order valence-corrected chi connectivity index (χ0v) is 12.5. The summed E-state index contributed by atoms with van der Waals surface area (Å²) in [4.78, 5) is 27.2. The Labute approximate surface area is 128 Å². The van der Waals surface area contributed by atoms with Gasteiger partial charge in [-0.25, -0.2) is 4.39 Å². The number of carbonyl (C=O) groups excluding carboxylic acids is 2. The molecule has 0 aromatic heterocycles. The minimum Gasteiger partial charge on any atom is -0.274 e. The number of amides is 2. The molecule has 1 aromatic carbocycles. The summed E-state index contributed by atoms with van der Waals surface area (Å²) in [6.07, 6.45) is 3.42. The molecule has 1 aromatic rings.